The normalized spacial score (nSPS) is 17.2. The van der Waals surface area contributed by atoms with Gasteiger partial charge in [0.15, 0.2) is 17.1 Å². The average Bonchev–Trinajstić information content (AvgIpc) is 3.66. The molecule has 2 aromatic heterocycles. The average molecular weight is 492 g/mol. The number of hydrogen-bond acceptors (Lipinski definition) is 6. The number of hydrogen-bond donors (Lipinski definition) is 1. The second-order valence-corrected chi connectivity index (χ2v) is 9.41. The van der Waals surface area contributed by atoms with Crippen LogP contribution in [0.4, 0.5) is 0 Å². The lowest BCUT2D eigenvalue weighted by Gasteiger charge is -2.39. The first-order chi connectivity index (χ1) is 17.5. The third kappa shape index (κ3) is 4.86. The predicted octanol–water partition coefficient (Wildman–Crippen LogP) is 3.32. The van der Waals surface area contributed by atoms with Gasteiger partial charge in [-0.2, -0.15) is 0 Å². The monoisotopic (exact) mass is 491 g/mol. The first-order valence-corrected chi connectivity index (χ1v) is 12.1. The van der Waals surface area contributed by atoms with Gasteiger partial charge in [-0.1, -0.05) is 12.1 Å². The van der Waals surface area contributed by atoms with Crippen LogP contribution in [0.5, 0.6) is 5.75 Å². The van der Waals surface area contributed by atoms with E-state index < -0.39 is 0 Å². The van der Waals surface area contributed by atoms with Gasteiger partial charge in [-0.3, -0.25) is 14.4 Å². The van der Waals surface area contributed by atoms with Gasteiger partial charge in [-0.15, -0.1) is 0 Å². The fraction of sp³-hybridized carbons (Fsp3) is 0.370. The minimum atomic E-state index is -0.344. The van der Waals surface area contributed by atoms with Crippen molar-refractivity contribution in [3.63, 3.8) is 0 Å². The van der Waals surface area contributed by atoms with E-state index in [1.165, 1.54) is 12.3 Å². The van der Waals surface area contributed by atoms with Gasteiger partial charge in [0.05, 0.1) is 19.9 Å². The maximum atomic E-state index is 13.1. The largest absolute Gasteiger partial charge is 0.493 e. The summed E-state index contributed by atoms with van der Waals surface area (Å²) in [5, 5.41) is 3.47. The third-order valence-electron chi connectivity index (χ3n) is 7.20. The van der Waals surface area contributed by atoms with Crippen molar-refractivity contribution in [1.82, 2.24) is 15.1 Å². The molecule has 9 nitrogen and oxygen atoms in total. The Morgan fingerprint density at radius 3 is 2.58 bits per heavy atom. The number of likely N-dealkylation sites (tertiary alicyclic amines) is 2. The summed E-state index contributed by atoms with van der Waals surface area (Å²) in [5.74, 6) is 0.919. The Morgan fingerprint density at radius 2 is 1.86 bits per heavy atom. The highest BCUT2D eigenvalue weighted by Crippen LogP contribution is 2.41. The molecule has 2 saturated heterocycles. The number of fused-ring (bicyclic) bond motifs is 1. The molecule has 36 heavy (non-hydrogen) atoms. The molecule has 0 bridgehead atoms. The summed E-state index contributed by atoms with van der Waals surface area (Å²) in [6, 6.07) is 10.8. The molecular weight excluding hydrogens is 462 g/mol. The number of nitrogens with one attached hydrogen (secondary N) is 1. The van der Waals surface area contributed by atoms with Gasteiger partial charge < -0.3 is 28.7 Å². The Kier molecular flexibility index (Phi) is 6.54. The van der Waals surface area contributed by atoms with Crippen molar-refractivity contribution in [3.8, 4) is 5.75 Å². The SMILES string of the molecule is COc1cccc2cc(C(=O)N3CCC4(CCN(C(=O)CNC(=O)C=Cc5ccco5)C4)CC3)oc12. The zero-order valence-corrected chi connectivity index (χ0v) is 20.2. The molecule has 2 fully saturated rings. The zero-order valence-electron chi connectivity index (χ0n) is 20.2. The molecule has 188 valence electrons. The van der Waals surface area contributed by atoms with Crippen LogP contribution >= 0.6 is 0 Å². The van der Waals surface area contributed by atoms with Crippen LogP contribution in [-0.2, 0) is 9.59 Å². The van der Waals surface area contributed by atoms with E-state index in [0.29, 0.717) is 49.0 Å². The van der Waals surface area contributed by atoms with Crippen LogP contribution in [0.1, 0.15) is 35.6 Å². The first kappa shape index (κ1) is 23.7. The number of methoxy groups -OCH3 is 1. The maximum Gasteiger partial charge on any atom is 0.289 e. The van der Waals surface area contributed by atoms with E-state index in [-0.39, 0.29) is 29.7 Å². The van der Waals surface area contributed by atoms with Crippen molar-refractivity contribution in [3.05, 3.63) is 60.3 Å². The highest BCUT2D eigenvalue weighted by Gasteiger charge is 2.43. The molecule has 0 unspecified atom stereocenters. The van der Waals surface area contributed by atoms with Crippen LogP contribution in [0, 0.1) is 5.41 Å². The number of benzene rings is 1. The Bertz CT molecular complexity index is 1280. The molecule has 1 aromatic carbocycles. The molecule has 3 aromatic rings. The number of para-hydroxylation sites is 1. The van der Waals surface area contributed by atoms with Crippen LogP contribution in [0.3, 0.4) is 0 Å². The number of piperidine rings is 1. The minimum absolute atomic E-state index is 0.00668. The molecule has 2 aliphatic heterocycles. The van der Waals surface area contributed by atoms with Crippen LogP contribution in [0.25, 0.3) is 17.0 Å². The Labute approximate surface area is 208 Å². The molecule has 1 spiro atoms. The van der Waals surface area contributed by atoms with Gasteiger partial charge >= 0.3 is 0 Å². The van der Waals surface area contributed by atoms with E-state index in [1.54, 1.807) is 37.5 Å². The van der Waals surface area contributed by atoms with Crippen molar-refractivity contribution >= 4 is 34.8 Å². The summed E-state index contributed by atoms with van der Waals surface area (Å²) in [6.07, 6.45) is 6.98. The zero-order chi connectivity index (χ0) is 25.1. The summed E-state index contributed by atoms with van der Waals surface area (Å²) >= 11 is 0. The van der Waals surface area contributed by atoms with E-state index >= 15 is 0 Å². The first-order valence-electron chi connectivity index (χ1n) is 12.1. The van der Waals surface area contributed by atoms with Gasteiger partial charge in [-0.25, -0.2) is 0 Å². The summed E-state index contributed by atoms with van der Waals surface area (Å²) in [6.45, 7) is 2.49. The summed E-state index contributed by atoms with van der Waals surface area (Å²) < 4.78 is 16.3. The lowest BCUT2D eigenvalue weighted by atomic mass is 9.77. The predicted molar refractivity (Wildman–Crippen MR) is 132 cm³/mol. The van der Waals surface area contributed by atoms with Crippen molar-refractivity contribution < 1.29 is 28.0 Å². The summed E-state index contributed by atoms with van der Waals surface area (Å²) in [4.78, 5) is 41.4. The molecule has 0 atom stereocenters. The molecule has 0 saturated carbocycles. The Balaban J connectivity index is 1.12. The smallest absolute Gasteiger partial charge is 0.289 e. The topological polar surface area (TPSA) is 105 Å². The van der Waals surface area contributed by atoms with Gasteiger partial charge in [0.1, 0.15) is 5.76 Å². The highest BCUT2D eigenvalue weighted by atomic mass is 16.5. The number of carbonyl (C=O) groups excluding carboxylic acids is 3. The molecule has 5 rings (SSSR count). The summed E-state index contributed by atoms with van der Waals surface area (Å²) in [7, 11) is 1.58. The lowest BCUT2D eigenvalue weighted by Crippen LogP contribution is -2.45. The molecular formula is C27H29N3O6. The van der Waals surface area contributed by atoms with E-state index in [4.69, 9.17) is 13.6 Å². The molecule has 1 N–H and O–H groups in total. The number of furan rings is 2. The second kappa shape index (κ2) is 9.93. The number of nitrogens with zero attached hydrogens (tertiary/aromatic N) is 2. The van der Waals surface area contributed by atoms with Crippen molar-refractivity contribution in [2.45, 2.75) is 19.3 Å². The van der Waals surface area contributed by atoms with Crippen LogP contribution in [0.2, 0.25) is 0 Å². The van der Waals surface area contributed by atoms with E-state index in [1.807, 2.05) is 21.9 Å². The van der Waals surface area contributed by atoms with Gasteiger partial charge in [-0.05, 0) is 55.0 Å². The van der Waals surface area contributed by atoms with E-state index in [0.717, 1.165) is 24.6 Å². The molecule has 9 heteroatoms. The van der Waals surface area contributed by atoms with Gasteiger partial charge in [0, 0.05) is 37.6 Å². The maximum absolute atomic E-state index is 13.1. The van der Waals surface area contributed by atoms with Crippen molar-refractivity contribution in [1.29, 1.82) is 0 Å². The Morgan fingerprint density at radius 1 is 1.08 bits per heavy atom. The van der Waals surface area contributed by atoms with Crippen LogP contribution in [-0.4, -0.2) is 67.4 Å². The number of amides is 3. The lowest BCUT2D eigenvalue weighted by molar-refractivity contribution is -0.131. The third-order valence-corrected chi connectivity index (χ3v) is 7.20. The van der Waals surface area contributed by atoms with E-state index in [9.17, 15) is 14.4 Å². The molecule has 2 aliphatic rings. The standard InChI is InChI=1S/C27H29N3O6/c1-34-21-6-2-4-19-16-22(36-25(19)21)26(33)29-12-9-27(10-13-29)11-14-30(18-27)24(32)17-28-23(31)8-7-20-5-3-15-35-20/h2-8,15-16H,9-14,17-18H2,1H3,(H,28,31). The highest BCUT2D eigenvalue weighted by molar-refractivity contribution is 5.97. The number of rotatable bonds is 6. The van der Waals surface area contributed by atoms with Gasteiger partial charge in [0.2, 0.25) is 11.8 Å². The molecule has 3 amide bonds. The molecule has 0 aliphatic carbocycles. The van der Waals surface area contributed by atoms with Crippen molar-refractivity contribution in [2.75, 3.05) is 39.8 Å². The molecule has 4 heterocycles. The number of carbonyl (C=O) groups is 3. The second-order valence-electron chi connectivity index (χ2n) is 9.41. The quantitative estimate of drug-likeness (QED) is 0.531. The molecule has 0 radical (unpaired) electrons. The van der Waals surface area contributed by atoms with Gasteiger partial charge in [0.25, 0.3) is 5.91 Å². The minimum Gasteiger partial charge on any atom is -0.493 e. The fourth-order valence-corrected chi connectivity index (χ4v) is 5.08. The fourth-order valence-electron chi connectivity index (χ4n) is 5.08. The van der Waals surface area contributed by atoms with E-state index in [2.05, 4.69) is 5.32 Å². The van der Waals surface area contributed by atoms with Crippen molar-refractivity contribution in [2.24, 2.45) is 5.41 Å². The summed E-state index contributed by atoms with van der Waals surface area (Å²) in [5.41, 5.74) is 0.581. The Hall–Kier alpha value is -4.01. The van der Waals surface area contributed by atoms with Crippen LogP contribution in [0.15, 0.2) is 57.6 Å². The van der Waals surface area contributed by atoms with Crippen LogP contribution < -0.4 is 10.1 Å². The number of ether oxygens (including phenoxy) is 1.